The van der Waals surface area contributed by atoms with Crippen molar-refractivity contribution >= 4 is 23.2 Å². The largest absolute Gasteiger partial charge is 0.342 e. The molecule has 1 aliphatic rings. The average Bonchev–Trinajstić information content (AvgIpc) is 3.38. The molecule has 4 rings (SSSR count). The van der Waals surface area contributed by atoms with Gasteiger partial charge < -0.3 is 4.98 Å². The lowest BCUT2D eigenvalue weighted by Crippen LogP contribution is -2.45. The Balaban J connectivity index is 1.51. The molecule has 1 saturated carbocycles. The number of hydrogen-bond donors (Lipinski definition) is 2. The van der Waals surface area contributed by atoms with Gasteiger partial charge in [0.05, 0.1) is 28.9 Å². The van der Waals surface area contributed by atoms with E-state index in [1.54, 1.807) is 12.4 Å². The molecule has 29 heavy (non-hydrogen) atoms. The molecule has 0 saturated heterocycles. The van der Waals surface area contributed by atoms with Crippen molar-refractivity contribution in [1.29, 1.82) is 0 Å². The Morgan fingerprint density at radius 1 is 1.38 bits per heavy atom. The van der Waals surface area contributed by atoms with Crippen LogP contribution in [0.4, 0.5) is 0 Å². The van der Waals surface area contributed by atoms with Crippen LogP contribution >= 0.6 is 0 Å². The number of hydrogen-bond acceptors (Lipinski definition) is 4. The number of hydrazone groups is 1. The summed E-state index contributed by atoms with van der Waals surface area (Å²) < 4.78 is 1.82. The molecule has 2 aromatic heterocycles. The van der Waals surface area contributed by atoms with E-state index in [2.05, 4.69) is 34.5 Å². The van der Waals surface area contributed by atoms with Gasteiger partial charge in [0.25, 0.3) is 0 Å². The van der Waals surface area contributed by atoms with Crippen molar-refractivity contribution in [3.63, 3.8) is 0 Å². The van der Waals surface area contributed by atoms with Gasteiger partial charge in [-0.2, -0.15) is 10.2 Å². The summed E-state index contributed by atoms with van der Waals surface area (Å²) in [6.07, 6.45) is 6.96. The molecule has 2 atom stereocenters. The van der Waals surface area contributed by atoms with Gasteiger partial charge in [0, 0.05) is 24.2 Å². The van der Waals surface area contributed by atoms with E-state index in [-0.39, 0.29) is 17.2 Å². The first-order chi connectivity index (χ1) is 13.8. The quantitative estimate of drug-likeness (QED) is 0.511. The maximum Gasteiger partial charge on any atom is 0.246 e. The predicted molar refractivity (Wildman–Crippen MR) is 114 cm³/mol. The molecule has 0 bridgehead atoms. The molecule has 7 heteroatoms. The summed E-state index contributed by atoms with van der Waals surface area (Å²) in [7, 11) is 0. The van der Waals surface area contributed by atoms with Gasteiger partial charge in [-0.15, -0.1) is 0 Å². The van der Waals surface area contributed by atoms with Crippen LogP contribution in [0.1, 0.15) is 57.8 Å². The van der Waals surface area contributed by atoms with Crippen molar-refractivity contribution in [2.45, 2.75) is 53.0 Å². The summed E-state index contributed by atoms with van der Waals surface area (Å²) in [6.45, 7) is 9.18. The first-order valence-corrected chi connectivity index (χ1v) is 10.2. The van der Waals surface area contributed by atoms with Crippen LogP contribution in [0.5, 0.6) is 0 Å². The molecule has 0 unspecified atom stereocenters. The highest BCUT2D eigenvalue weighted by Crippen LogP contribution is 2.59. The van der Waals surface area contributed by atoms with Crippen LogP contribution in [0.25, 0.3) is 11.0 Å². The minimum absolute atomic E-state index is 0.0553. The molecule has 152 valence electrons. The number of amides is 1. The second-order valence-electron chi connectivity index (χ2n) is 8.61. The third-order valence-electron chi connectivity index (χ3n) is 6.82. The third kappa shape index (κ3) is 3.24. The highest BCUT2D eigenvalue weighted by molar-refractivity contribution is 5.86. The molecule has 1 fully saturated rings. The normalized spacial score (nSPS) is 23.8. The zero-order valence-electron chi connectivity index (χ0n) is 17.4. The Bertz CT molecular complexity index is 1030. The van der Waals surface area contributed by atoms with Gasteiger partial charge in [-0.1, -0.05) is 32.9 Å². The summed E-state index contributed by atoms with van der Waals surface area (Å²) in [5.74, 6) is 1.08. The van der Waals surface area contributed by atoms with Crippen molar-refractivity contribution in [3.05, 3.63) is 48.0 Å². The number of carbonyl (C=O) groups is 1. The van der Waals surface area contributed by atoms with Gasteiger partial charge in [-0.25, -0.2) is 10.4 Å². The van der Waals surface area contributed by atoms with Crippen LogP contribution in [0, 0.1) is 10.8 Å². The van der Waals surface area contributed by atoms with Crippen LogP contribution in [-0.4, -0.2) is 31.9 Å². The topological polar surface area (TPSA) is 88.0 Å². The zero-order chi connectivity index (χ0) is 20.6. The molecule has 1 aromatic carbocycles. The molecule has 0 aliphatic heterocycles. The number of rotatable bonds is 5. The molecule has 2 heterocycles. The van der Waals surface area contributed by atoms with Gasteiger partial charge in [0.2, 0.25) is 5.91 Å². The van der Waals surface area contributed by atoms with E-state index in [0.29, 0.717) is 0 Å². The lowest BCUT2D eigenvalue weighted by atomic mass is 9.65. The van der Waals surface area contributed by atoms with E-state index in [1.807, 2.05) is 49.0 Å². The number of benzene rings is 1. The van der Waals surface area contributed by atoms with E-state index in [4.69, 9.17) is 4.98 Å². The van der Waals surface area contributed by atoms with Crippen LogP contribution in [0.3, 0.4) is 0 Å². The number of nitrogens with zero attached hydrogens (tertiary/aromatic N) is 4. The monoisotopic (exact) mass is 392 g/mol. The highest BCUT2D eigenvalue weighted by atomic mass is 16.2. The Morgan fingerprint density at radius 3 is 2.90 bits per heavy atom. The molecule has 0 radical (unpaired) electrons. The number of aromatic nitrogens is 4. The summed E-state index contributed by atoms with van der Waals surface area (Å²) in [6, 6.07) is 8.05. The second-order valence-corrected chi connectivity index (χ2v) is 8.61. The molecule has 1 amide bonds. The van der Waals surface area contributed by atoms with E-state index >= 15 is 0 Å². The van der Waals surface area contributed by atoms with Gasteiger partial charge in [-0.05, 0) is 37.3 Å². The van der Waals surface area contributed by atoms with Crippen LogP contribution in [0.15, 0.2) is 41.8 Å². The third-order valence-corrected chi connectivity index (χ3v) is 6.82. The number of aryl methyl sites for hydroxylation is 1. The fourth-order valence-corrected chi connectivity index (χ4v) is 4.43. The van der Waals surface area contributed by atoms with Crippen molar-refractivity contribution in [2.75, 3.05) is 0 Å². The van der Waals surface area contributed by atoms with Crippen molar-refractivity contribution in [3.8, 4) is 0 Å². The van der Waals surface area contributed by atoms with Crippen molar-refractivity contribution in [2.24, 2.45) is 15.9 Å². The summed E-state index contributed by atoms with van der Waals surface area (Å²) in [5.41, 5.74) is 4.81. The number of aromatic amines is 1. The first-order valence-electron chi connectivity index (χ1n) is 10.2. The Labute approximate surface area is 170 Å². The maximum absolute atomic E-state index is 13.1. The Hall–Kier alpha value is -2.96. The van der Waals surface area contributed by atoms with E-state index < -0.39 is 5.41 Å². The van der Waals surface area contributed by atoms with Gasteiger partial charge >= 0.3 is 0 Å². The molecule has 3 aromatic rings. The standard InChI is InChI=1S/C22H28N6O/c1-5-28-14-15(13-24-28)12-23-27-20(29)22(4)11-10-16(21(22,2)3)19-25-17-8-6-7-9-18(17)26-19/h6-9,12-14,16H,5,10-11H2,1-4H3,(H,25,26)(H,27,29)/b23-12-/t16-,22-/m1/s1. The number of imidazole rings is 1. The van der Waals surface area contributed by atoms with E-state index in [1.165, 1.54) is 0 Å². The fraction of sp³-hybridized carbons (Fsp3) is 0.455. The lowest BCUT2D eigenvalue weighted by molar-refractivity contribution is -0.135. The maximum atomic E-state index is 13.1. The summed E-state index contributed by atoms with van der Waals surface area (Å²) in [4.78, 5) is 21.4. The van der Waals surface area contributed by atoms with Crippen molar-refractivity contribution in [1.82, 2.24) is 25.2 Å². The summed E-state index contributed by atoms with van der Waals surface area (Å²) in [5, 5.41) is 8.39. The molecule has 2 N–H and O–H groups in total. The molecule has 0 spiro atoms. The minimum atomic E-state index is -0.540. The molecule has 1 aliphatic carbocycles. The van der Waals surface area contributed by atoms with E-state index in [0.717, 1.165) is 41.8 Å². The van der Waals surface area contributed by atoms with Gasteiger partial charge in [-0.3, -0.25) is 9.48 Å². The van der Waals surface area contributed by atoms with Gasteiger partial charge in [0.15, 0.2) is 0 Å². The summed E-state index contributed by atoms with van der Waals surface area (Å²) >= 11 is 0. The smallest absolute Gasteiger partial charge is 0.246 e. The number of nitrogens with one attached hydrogen (secondary N) is 2. The fourth-order valence-electron chi connectivity index (χ4n) is 4.43. The highest BCUT2D eigenvalue weighted by Gasteiger charge is 2.57. The first kappa shape index (κ1) is 19.4. The van der Waals surface area contributed by atoms with Gasteiger partial charge in [0.1, 0.15) is 5.82 Å². The van der Waals surface area contributed by atoms with Crippen LogP contribution in [-0.2, 0) is 11.3 Å². The number of carbonyl (C=O) groups excluding carboxylic acids is 1. The van der Waals surface area contributed by atoms with E-state index in [9.17, 15) is 4.79 Å². The average molecular weight is 393 g/mol. The number of H-pyrrole nitrogens is 1. The van der Waals surface area contributed by atoms with Crippen molar-refractivity contribution < 1.29 is 4.79 Å². The van der Waals surface area contributed by atoms with Crippen LogP contribution in [0.2, 0.25) is 0 Å². The zero-order valence-corrected chi connectivity index (χ0v) is 17.4. The molecular weight excluding hydrogens is 364 g/mol. The minimum Gasteiger partial charge on any atom is -0.342 e. The Morgan fingerprint density at radius 2 is 2.17 bits per heavy atom. The molecular formula is C22H28N6O. The number of fused-ring (bicyclic) bond motifs is 1. The van der Waals surface area contributed by atoms with Crippen LogP contribution < -0.4 is 5.43 Å². The number of para-hydroxylation sites is 2. The Kier molecular flexibility index (Phi) is 4.76. The molecule has 7 nitrogen and oxygen atoms in total. The lowest BCUT2D eigenvalue weighted by Gasteiger charge is -2.39. The predicted octanol–water partition coefficient (Wildman–Crippen LogP) is 3.84. The second kappa shape index (κ2) is 7.13. The SMILES string of the molecule is CCn1cc(/C=N\NC(=O)[C@@]2(C)CC[C@H](c3nc4ccccc4[nH]3)C2(C)C)cn1.